The lowest BCUT2D eigenvalue weighted by atomic mass is 10.2. The topological polar surface area (TPSA) is 85.5 Å². The van der Waals surface area contributed by atoms with Crippen LogP contribution < -0.4 is 5.73 Å². The Morgan fingerprint density at radius 2 is 1.54 bits per heavy atom. The van der Waals surface area contributed by atoms with Crippen LogP contribution in [0.3, 0.4) is 0 Å². The Labute approximate surface area is 156 Å². The number of esters is 1. The fourth-order valence-corrected chi connectivity index (χ4v) is 2.83. The first-order valence-corrected chi connectivity index (χ1v) is 8.45. The third kappa shape index (κ3) is 4.43. The summed E-state index contributed by atoms with van der Waals surface area (Å²) in [7, 11) is 0. The minimum absolute atomic E-state index is 0.0408. The van der Waals surface area contributed by atoms with E-state index in [-0.39, 0.29) is 44.6 Å². The number of halogens is 3. The number of carbonyl (C=O) groups excluding carboxylic acids is 2. The van der Waals surface area contributed by atoms with Crippen LogP contribution in [0, 0.1) is 0 Å². The molecule has 9 heteroatoms. The summed E-state index contributed by atoms with van der Waals surface area (Å²) in [6, 6.07) is -0.0815. The second-order valence-corrected chi connectivity index (χ2v) is 6.89. The van der Waals surface area contributed by atoms with E-state index in [9.17, 15) is 9.59 Å². The van der Waals surface area contributed by atoms with Gasteiger partial charge in [-0.1, -0.05) is 34.8 Å². The van der Waals surface area contributed by atoms with Gasteiger partial charge in [0.2, 0.25) is 0 Å². The number of hydrogen-bond acceptors (Lipinski definition) is 5. The van der Waals surface area contributed by atoms with Crippen molar-refractivity contribution in [2.45, 2.75) is 52.8 Å². The van der Waals surface area contributed by atoms with Gasteiger partial charge in [-0.05, 0) is 34.6 Å². The van der Waals surface area contributed by atoms with Crippen molar-refractivity contribution in [2.24, 2.45) is 0 Å². The molecule has 1 aromatic heterocycles. The SMILES string of the molecule is CC(C)N(C(=O)[C@H](C)OC(=O)c1nc(Cl)c(Cl)c(N)c1Cl)C(C)C. The Balaban J connectivity index is 3.02. The standard InChI is InChI=1S/C15H20Cl3N3O3/c1-6(2)21(7(3)4)14(22)8(5)24-15(23)12-9(16)11(19)10(17)13(18)20-12/h6-8H,1-5H3,(H2,19,20)/t8-/m0/s1. The van der Waals surface area contributed by atoms with Crippen LogP contribution in [0.25, 0.3) is 0 Å². The van der Waals surface area contributed by atoms with Gasteiger partial charge in [-0.3, -0.25) is 4.79 Å². The summed E-state index contributed by atoms with van der Waals surface area (Å²) in [4.78, 5) is 30.2. The van der Waals surface area contributed by atoms with Crippen LogP contribution in [-0.2, 0) is 9.53 Å². The van der Waals surface area contributed by atoms with Gasteiger partial charge in [-0.2, -0.15) is 0 Å². The number of amides is 1. The van der Waals surface area contributed by atoms with Gasteiger partial charge in [0.1, 0.15) is 5.02 Å². The van der Waals surface area contributed by atoms with Gasteiger partial charge in [0.25, 0.3) is 5.91 Å². The molecule has 0 aromatic carbocycles. The Bertz CT molecular complexity index is 643. The van der Waals surface area contributed by atoms with Crippen LogP contribution in [0.2, 0.25) is 15.2 Å². The van der Waals surface area contributed by atoms with Crippen LogP contribution in [0.15, 0.2) is 0 Å². The number of anilines is 1. The number of ether oxygens (including phenoxy) is 1. The van der Waals surface area contributed by atoms with E-state index in [1.54, 1.807) is 4.90 Å². The summed E-state index contributed by atoms with van der Waals surface area (Å²) in [5, 5.41) is -0.387. The first-order chi connectivity index (χ1) is 11.0. The molecule has 0 unspecified atom stereocenters. The van der Waals surface area contributed by atoms with E-state index in [1.807, 2.05) is 27.7 Å². The Morgan fingerprint density at radius 3 is 2.00 bits per heavy atom. The van der Waals surface area contributed by atoms with E-state index >= 15 is 0 Å². The monoisotopic (exact) mass is 395 g/mol. The molecule has 1 amide bonds. The molecule has 0 radical (unpaired) electrons. The maximum Gasteiger partial charge on any atom is 0.359 e. The second kappa shape index (κ2) is 8.23. The smallest absolute Gasteiger partial charge is 0.359 e. The van der Waals surface area contributed by atoms with Gasteiger partial charge in [0.15, 0.2) is 17.0 Å². The summed E-state index contributed by atoms with van der Waals surface area (Å²) >= 11 is 17.6. The van der Waals surface area contributed by atoms with Crippen molar-refractivity contribution >= 4 is 52.4 Å². The van der Waals surface area contributed by atoms with Crippen molar-refractivity contribution in [1.29, 1.82) is 0 Å². The van der Waals surface area contributed by atoms with Gasteiger partial charge in [-0.15, -0.1) is 0 Å². The number of nitrogen functional groups attached to an aromatic ring is 1. The number of carbonyl (C=O) groups is 2. The Hall–Kier alpha value is -1.24. The molecule has 0 bridgehead atoms. The normalized spacial score (nSPS) is 12.4. The van der Waals surface area contributed by atoms with Gasteiger partial charge in [0.05, 0.1) is 10.7 Å². The molecule has 0 fully saturated rings. The molecule has 0 aliphatic rings. The highest BCUT2D eigenvalue weighted by atomic mass is 35.5. The van der Waals surface area contributed by atoms with E-state index in [4.69, 9.17) is 45.3 Å². The summed E-state index contributed by atoms with van der Waals surface area (Å²) in [6.45, 7) is 9.00. The molecule has 1 rings (SSSR count). The summed E-state index contributed by atoms with van der Waals surface area (Å²) < 4.78 is 5.18. The van der Waals surface area contributed by atoms with Crippen LogP contribution in [0.1, 0.15) is 45.1 Å². The maximum absolute atomic E-state index is 12.5. The highest BCUT2D eigenvalue weighted by Gasteiger charge is 2.29. The average Bonchev–Trinajstić information content (AvgIpc) is 2.47. The fraction of sp³-hybridized carbons (Fsp3) is 0.533. The lowest BCUT2D eigenvalue weighted by Gasteiger charge is -2.32. The molecular formula is C15H20Cl3N3O3. The molecule has 0 saturated heterocycles. The first kappa shape index (κ1) is 20.8. The maximum atomic E-state index is 12.5. The van der Waals surface area contributed by atoms with Crippen LogP contribution in [0.4, 0.5) is 5.69 Å². The van der Waals surface area contributed by atoms with Crippen LogP contribution in [-0.4, -0.2) is 39.9 Å². The predicted molar refractivity (Wildman–Crippen MR) is 95.7 cm³/mol. The third-order valence-corrected chi connectivity index (χ3v) is 4.40. The van der Waals surface area contributed by atoms with Crippen molar-refractivity contribution in [2.75, 3.05) is 5.73 Å². The van der Waals surface area contributed by atoms with E-state index in [2.05, 4.69) is 4.98 Å². The third-order valence-electron chi connectivity index (χ3n) is 3.26. The number of rotatable bonds is 5. The number of nitrogens with two attached hydrogens (primary N) is 1. The zero-order valence-electron chi connectivity index (χ0n) is 14.1. The minimum atomic E-state index is -1.02. The molecule has 1 atom stereocenters. The first-order valence-electron chi connectivity index (χ1n) is 7.32. The fourth-order valence-electron chi connectivity index (χ4n) is 2.25. The molecule has 6 nitrogen and oxygen atoms in total. The summed E-state index contributed by atoms with van der Waals surface area (Å²) in [5.41, 5.74) is 5.31. The molecule has 1 heterocycles. The van der Waals surface area contributed by atoms with Crippen molar-refractivity contribution in [3.05, 3.63) is 20.9 Å². The Kier molecular flexibility index (Phi) is 7.13. The lowest BCUT2D eigenvalue weighted by molar-refractivity contribution is -0.143. The van der Waals surface area contributed by atoms with E-state index < -0.39 is 12.1 Å². The van der Waals surface area contributed by atoms with Gasteiger partial charge < -0.3 is 15.4 Å². The molecule has 0 aliphatic heterocycles. The molecule has 0 aliphatic carbocycles. The predicted octanol–water partition coefficient (Wildman–Crippen LogP) is 3.81. The quantitative estimate of drug-likeness (QED) is 0.604. The largest absolute Gasteiger partial charge is 0.448 e. The molecule has 1 aromatic rings. The van der Waals surface area contributed by atoms with Crippen molar-refractivity contribution in [3.8, 4) is 0 Å². The molecule has 2 N–H and O–H groups in total. The van der Waals surface area contributed by atoms with Gasteiger partial charge in [-0.25, -0.2) is 9.78 Å². The van der Waals surface area contributed by atoms with E-state index in [0.29, 0.717) is 0 Å². The number of hydrogen-bond donors (Lipinski definition) is 1. The number of pyridine rings is 1. The highest BCUT2D eigenvalue weighted by Crippen LogP contribution is 2.34. The lowest BCUT2D eigenvalue weighted by Crippen LogP contribution is -2.47. The van der Waals surface area contributed by atoms with E-state index in [0.717, 1.165) is 0 Å². The molecule has 24 heavy (non-hydrogen) atoms. The van der Waals surface area contributed by atoms with Crippen molar-refractivity contribution in [1.82, 2.24) is 9.88 Å². The average molecular weight is 397 g/mol. The summed E-state index contributed by atoms with van der Waals surface area (Å²) in [6.07, 6.45) is -1.02. The number of nitrogens with zero attached hydrogens (tertiary/aromatic N) is 2. The summed E-state index contributed by atoms with van der Waals surface area (Å²) in [5.74, 6) is -1.23. The van der Waals surface area contributed by atoms with Crippen LogP contribution >= 0.6 is 34.8 Å². The molecule has 0 spiro atoms. The van der Waals surface area contributed by atoms with Gasteiger partial charge in [0, 0.05) is 12.1 Å². The van der Waals surface area contributed by atoms with Gasteiger partial charge >= 0.3 is 5.97 Å². The zero-order chi connectivity index (χ0) is 18.8. The highest BCUT2D eigenvalue weighted by molar-refractivity contribution is 6.46. The molecule has 134 valence electrons. The number of aromatic nitrogens is 1. The van der Waals surface area contributed by atoms with Crippen LogP contribution in [0.5, 0.6) is 0 Å². The second-order valence-electron chi connectivity index (χ2n) is 5.77. The van der Waals surface area contributed by atoms with Crippen molar-refractivity contribution in [3.63, 3.8) is 0 Å². The van der Waals surface area contributed by atoms with E-state index in [1.165, 1.54) is 6.92 Å². The zero-order valence-corrected chi connectivity index (χ0v) is 16.3. The molecular weight excluding hydrogens is 377 g/mol. The Morgan fingerprint density at radius 1 is 1.04 bits per heavy atom. The van der Waals surface area contributed by atoms with Crippen molar-refractivity contribution < 1.29 is 14.3 Å². The minimum Gasteiger partial charge on any atom is -0.448 e. The molecule has 0 saturated carbocycles.